The number of benzene rings is 2. The van der Waals surface area contributed by atoms with Crippen LogP contribution in [0.3, 0.4) is 0 Å². The van der Waals surface area contributed by atoms with Crippen molar-refractivity contribution in [2.75, 3.05) is 0 Å². The molecule has 1 amide bonds. The number of hydrogen-bond donors (Lipinski definition) is 1. The number of halogens is 2. The van der Waals surface area contributed by atoms with Gasteiger partial charge in [0.15, 0.2) is 5.69 Å². The Balaban J connectivity index is 1.80. The zero-order valence-corrected chi connectivity index (χ0v) is 16.2. The third kappa shape index (κ3) is 5.05. The molecule has 3 rings (SSSR count). The van der Waals surface area contributed by atoms with Gasteiger partial charge in [-0.05, 0) is 42.3 Å². The van der Waals surface area contributed by atoms with Crippen LogP contribution >= 0.6 is 0 Å². The van der Waals surface area contributed by atoms with E-state index in [9.17, 15) is 18.4 Å². The average Bonchev–Trinajstić information content (AvgIpc) is 2.74. The molecule has 1 heterocycles. The van der Waals surface area contributed by atoms with Crippen LogP contribution in [0, 0.1) is 0 Å². The molecule has 0 aliphatic rings. The standard InChI is InChI=1S/C21H20F2N4O3/c1-2-3-12-27-20(29)17-7-5-4-6-16(17)18(26-27)19(28)25-24-13-14-8-10-15(11-9-14)30-21(22)23/h4-11,13,21H,2-3,12H2,1H3,(H,25,28)/b24-13+. The first-order chi connectivity index (χ1) is 14.5. The van der Waals surface area contributed by atoms with Crippen molar-refractivity contribution in [3.8, 4) is 5.75 Å². The molecule has 0 atom stereocenters. The Morgan fingerprint density at radius 3 is 2.57 bits per heavy atom. The fourth-order valence-corrected chi connectivity index (χ4v) is 2.82. The normalized spacial score (nSPS) is 11.3. The summed E-state index contributed by atoms with van der Waals surface area (Å²) >= 11 is 0. The highest BCUT2D eigenvalue weighted by atomic mass is 19.3. The van der Waals surface area contributed by atoms with Gasteiger partial charge in [0.05, 0.1) is 11.6 Å². The molecule has 0 unspecified atom stereocenters. The molecule has 2 aromatic carbocycles. The SMILES string of the molecule is CCCCn1nc(C(=O)N/N=C/c2ccc(OC(F)F)cc2)c2ccccc2c1=O. The van der Waals surface area contributed by atoms with E-state index < -0.39 is 12.5 Å². The molecule has 0 saturated carbocycles. The minimum atomic E-state index is -2.90. The summed E-state index contributed by atoms with van der Waals surface area (Å²) in [6.07, 6.45) is 3.00. The first-order valence-corrected chi connectivity index (χ1v) is 9.37. The van der Waals surface area contributed by atoms with Crippen LogP contribution in [0.15, 0.2) is 58.4 Å². The average molecular weight is 414 g/mol. The fraction of sp³-hybridized carbons (Fsp3) is 0.238. The van der Waals surface area contributed by atoms with Gasteiger partial charge < -0.3 is 4.74 Å². The number of ether oxygens (including phenoxy) is 1. The molecule has 3 aromatic rings. The number of hydrazone groups is 1. The van der Waals surface area contributed by atoms with Crippen molar-refractivity contribution in [3.05, 3.63) is 70.1 Å². The Kier molecular flexibility index (Phi) is 6.84. The number of carbonyl (C=O) groups excluding carboxylic acids is 1. The number of amides is 1. The van der Waals surface area contributed by atoms with E-state index in [2.05, 4.69) is 20.4 Å². The van der Waals surface area contributed by atoms with Crippen LogP contribution in [0.25, 0.3) is 10.8 Å². The first-order valence-electron chi connectivity index (χ1n) is 9.37. The maximum absolute atomic E-state index is 12.7. The molecule has 1 N–H and O–H groups in total. The maximum Gasteiger partial charge on any atom is 0.387 e. The summed E-state index contributed by atoms with van der Waals surface area (Å²) in [6.45, 7) is -0.483. The third-order valence-electron chi connectivity index (χ3n) is 4.29. The van der Waals surface area contributed by atoms with Crippen LogP contribution < -0.4 is 15.7 Å². The molecule has 1 aromatic heterocycles. The van der Waals surface area contributed by atoms with Gasteiger partial charge in [0.2, 0.25) is 0 Å². The van der Waals surface area contributed by atoms with Crippen molar-refractivity contribution in [2.24, 2.45) is 5.10 Å². The highest BCUT2D eigenvalue weighted by Crippen LogP contribution is 2.15. The van der Waals surface area contributed by atoms with Crippen LogP contribution in [0.1, 0.15) is 35.8 Å². The molecular weight excluding hydrogens is 394 g/mol. The van der Waals surface area contributed by atoms with Gasteiger partial charge in [0, 0.05) is 11.9 Å². The molecule has 156 valence electrons. The van der Waals surface area contributed by atoms with E-state index in [0.717, 1.165) is 12.8 Å². The van der Waals surface area contributed by atoms with Crippen LogP contribution in [-0.4, -0.2) is 28.5 Å². The topological polar surface area (TPSA) is 85.6 Å². The molecule has 0 aliphatic carbocycles. The summed E-state index contributed by atoms with van der Waals surface area (Å²) in [4.78, 5) is 25.2. The molecule has 0 aliphatic heterocycles. The second-order valence-corrected chi connectivity index (χ2v) is 6.42. The maximum atomic E-state index is 12.7. The second-order valence-electron chi connectivity index (χ2n) is 6.42. The van der Waals surface area contributed by atoms with Crippen molar-refractivity contribution >= 4 is 22.9 Å². The van der Waals surface area contributed by atoms with Crippen molar-refractivity contribution in [1.82, 2.24) is 15.2 Å². The Hall–Kier alpha value is -3.62. The van der Waals surface area contributed by atoms with Crippen LogP contribution in [-0.2, 0) is 6.54 Å². The monoisotopic (exact) mass is 414 g/mol. The molecule has 0 fully saturated rings. The minimum Gasteiger partial charge on any atom is -0.435 e. The zero-order chi connectivity index (χ0) is 21.5. The summed E-state index contributed by atoms with van der Waals surface area (Å²) in [7, 11) is 0. The van der Waals surface area contributed by atoms with Crippen molar-refractivity contribution in [3.63, 3.8) is 0 Å². The molecule has 30 heavy (non-hydrogen) atoms. The van der Waals surface area contributed by atoms with Gasteiger partial charge in [-0.1, -0.05) is 31.5 Å². The molecule has 0 radical (unpaired) electrons. The van der Waals surface area contributed by atoms with E-state index in [1.54, 1.807) is 24.3 Å². The number of aryl methyl sites for hydroxylation is 1. The summed E-state index contributed by atoms with van der Waals surface area (Å²) in [5.41, 5.74) is 2.81. The highest BCUT2D eigenvalue weighted by molar-refractivity contribution is 6.04. The van der Waals surface area contributed by atoms with E-state index in [4.69, 9.17) is 0 Å². The lowest BCUT2D eigenvalue weighted by atomic mass is 10.1. The van der Waals surface area contributed by atoms with Gasteiger partial charge in [0.1, 0.15) is 5.75 Å². The number of nitrogens with zero attached hydrogens (tertiary/aromatic N) is 3. The zero-order valence-electron chi connectivity index (χ0n) is 16.2. The number of carbonyl (C=O) groups is 1. The quantitative estimate of drug-likeness (QED) is 0.451. The van der Waals surface area contributed by atoms with Crippen LogP contribution in [0.4, 0.5) is 8.78 Å². The highest BCUT2D eigenvalue weighted by Gasteiger charge is 2.16. The van der Waals surface area contributed by atoms with E-state index >= 15 is 0 Å². The lowest BCUT2D eigenvalue weighted by Gasteiger charge is -2.09. The van der Waals surface area contributed by atoms with Gasteiger partial charge in [-0.3, -0.25) is 9.59 Å². The Labute approximate surface area is 171 Å². The van der Waals surface area contributed by atoms with Crippen molar-refractivity contribution < 1.29 is 18.3 Å². The number of nitrogens with one attached hydrogen (secondary N) is 1. The van der Waals surface area contributed by atoms with Crippen LogP contribution in [0.2, 0.25) is 0 Å². The molecule has 9 heteroatoms. The Morgan fingerprint density at radius 1 is 1.20 bits per heavy atom. The van der Waals surface area contributed by atoms with Gasteiger partial charge in [-0.15, -0.1) is 0 Å². The number of fused-ring (bicyclic) bond motifs is 1. The van der Waals surface area contributed by atoms with Crippen molar-refractivity contribution in [2.45, 2.75) is 32.9 Å². The number of hydrogen-bond acceptors (Lipinski definition) is 5. The largest absolute Gasteiger partial charge is 0.435 e. The van der Waals surface area contributed by atoms with E-state index in [0.29, 0.717) is 22.9 Å². The number of aromatic nitrogens is 2. The Bertz CT molecular complexity index is 1110. The van der Waals surface area contributed by atoms with E-state index in [1.807, 2.05) is 6.92 Å². The predicted octanol–water partition coefficient (Wildman–Crippen LogP) is 3.56. The summed E-state index contributed by atoms with van der Waals surface area (Å²) < 4.78 is 29.9. The molecule has 0 bridgehead atoms. The number of unbranched alkanes of at least 4 members (excludes halogenated alkanes) is 1. The predicted molar refractivity (Wildman–Crippen MR) is 109 cm³/mol. The summed E-state index contributed by atoms with van der Waals surface area (Å²) in [6, 6.07) is 12.6. The lowest BCUT2D eigenvalue weighted by molar-refractivity contribution is -0.0498. The number of alkyl halides is 2. The molecule has 0 spiro atoms. The molecule has 7 nitrogen and oxygen atoms in total. The molecule has 0 saturated heterocycles. The smallest absolute Gasteiger partial charge is 0.387 e. The Morgan fingerprint density at radius 2 is 1.90 bits per heavy atom. The van der Waals surface area contributed by atoms with E-state index in [-0.39, 0.29) is 17.0 Å². The fourth-order valence-electron chi connectivity index (χ4n) is 2.82. The minimum absolute atomic E-state index is 0.0243. The van der Waals surface area contributed by atoms with Crippen LogP contribution in [0.5, 0.6) is 5.75 Å². The first kappa shape index (κ1) is 21.1. The third-order valence-corrected chi connectivity index (χ3v) is 4.29. The second kappa shape index (κ2) is 9.73. The van der Waals surface area contributed by atoms with Crippen molar-refractivity contribution in [1.29, 1.82) is 0 Å². The van der Waals surface area contributed by atoms with Gasteiger partial charge in [-0.2, -0.15) is 19.0 Å². The number of rotatable bonds is 8. The molecular formula is C21H20F2N4O3. The summed E-state index contributed by atoms with van der Waals surface area (Å²) in [5, 5.41) is 8.97. The van der Waals surface area contributed by atoms with Gasteiger partial charge >= 0.3 is 6.61 Å². The van der Waals surface area contributed by atoms with Gasteiger partial charge in [0.25, 0.3) is 11.5 Å². The lowest BCUT2D eigenvalue weighted by Crippen LogP contribution is -2.29. The van der Waals surface area contributed by atoms with E-state index in [1.165, 1.54) is 35.2 Å². The van der Waals surface area contributed by atoms with Gasteiger partial charge in [-0.25, -0.2) is 10.1 Å². The summed E-state index contributed by atoms with van der Waals surface area (Å²) in [5.74, 6) is -0.540.